The lowest BCUT2D eigenvalue weighted by atomic mass is 9.94. The van der Waals surface area contributed by atoms with E-state index in [1.165, 1.54) is 0 Å². The summed E-state index contributed by atoms with van der Waals surface area (Å²) in [6, 6.07) is 3.31. The van der Waals surface area contributed by atoms with E-state index in [4.69, 9.17) is 5.73 Å². The van der Waals surface area contributed by atoms with Gasteiger partial charge in [0, 0.05) is 0 Å². The van der Waals surface area contributed by atoms with Gasteiger partial charge in [0.2, 0.25) is 0 Å². The van der Waals surface area contributed by atoms with Gasteiger partial charge in [-0.25, -0.2) is 4.39 Å². The molecule has 2 amide bonds. The Balaban J connectivity index is 3.38. The van der Waals surface area contributed by atoms with E-state index >= 15 is 0 Å². The molecular formula is C14H8F12N2O2. The van der Waals surface area contributed by atoms with Crippen LogP contribution >= 0.6 is 0 Å². The van der Waals surface area contributed by atoms with E-state index in [2.05, 4.69) is 0 Å². The number of para-hydroxylation sites is 1. The van der Waals surface area contributed by atoms with Crippen LogP contribution < -0.4 is 11.1 Å². The summed E-state index contributed by atoms with van der Waals surface area (Å²) in [5.74, 6) is -34.3. The maximum Gasteiger partial charge on any atom is 0.425 e. The molecule has 1 unspecified atom stereocenters. The zero-order valence-corrected chi connectivity index (χ0v) is 13.8. The fourth-order valence-electron chi connectivity index (χ4n) is 1.92. The number of benzene rings is 1. The van der Waals surface area contributed by atoms with Crippen molar-refractivity contribution in [3.63, 3.8) is 0 Å². The minimum absolute atomic E-state index is 0.597. The summed E-state index contributed by atoms with van der Waals surface area (Å²) in [6.07, 6.45) is -12.8. The first kappa shape index (κ1) is 25.4. The maximum atomic E-state index is 13.7. The molecule has 0 aliphatic carbocycles. The molecule has 1 rings (SSSR count). The number of hydrogen-bond acceptors (Lipinski definition) is 2. The topological polar surface area (TPSA) is 72.2 Å². The van der Waals surface area contributed by atoms with Crippen molar-refractivity contribution in [2.24, 2.45) is 5.73 Å². The van der Waals surface area contributed by atoms with Gasteiger partial charge in [0.05, 0.1) is 11.3 Å². The Morgan fingerprint density at radius 3 is 1.73 bits per heavy atom. The van der Waals surface area contributed by atoms with Crippen molar-refractivity contribution in [1.29, 1.82) is 0 Å². The lowest BCUT2D eigenvalue weighted by Crippen LogP contribution is -2.68. The molecule has 4 nitrogen and oxygen atoms in total. The van der Waals surface area contributed by atoms with Crippen molar-refractivity contribution in [1.82, 2.24) is 0 Å². The first-order valence-electron chi connectivity index (χ1n) is 7.15. The largest absolute Gasteiger partial charge is 0.425 e. The average molecular weight is 464 g/mol. The predicted molar refractivity (Wildman–Crippen MR) is 74.3 cm³/mol. The number of alkyl halides is 12. The fraction of sp³-hybridized carbons (Fsp3) is 0.429. The summed E-state index contributed by atoms with van der Waals surface area (Å²) >= 11 is 0. The van der Waals surface area contributed by atoms with Crippen LogP contribution in [0.15, 0.2) is 24.3 Å². The van der Waals surface area contributed by atoms with E-state index in [1.54, 1.807) is 0 Å². The lowest BCUT2D eigenvalue weighted by molar-refractivity contribution is -0.385. The average Bonchev–Trinajstić information content (AvgIpc) is 2.59. The second-order valence-corrected chi connectivity index (χ2v) is 5.61. The van der Waals surface area contributed by atoms with Crippen LogP contribution in [0.3, 0.4) is 0 Å². The number of nitrogens with one attached hydrogen (secondary N) is 1. The first-order valence-corrected chi connectivity index (χ1v) is 7.15. The molecule has 0 fully saturated rings. The lowest BCUT2D eigenvalue weighted by Gasteiger charge is -2.37. The molecule has 3 N–H and O–H groups in total. The predicted octanol–water partition coefficient (Wildman–Crippen LogP) is 4.17. The number of halogens is 12. The van der Waals surface area contributed by atoms with E-state index in [1.807, 2.05) is 0 Å². The molecule has 1 aromatic carbocycles. The van der Waals surface area contributed by atoms with Crippen molar-refractivity contribution in [2.45, 2.75) is 36.0 Å². The van der Waals surface area contributed by atoms with Crippen LogP contribution in [0.2, 0.25) is 0 Å². The zero-order valence-electron chi connectivity index (χ0n) is 13.8. The zero-order chi connectivity index (χ0) is 23.9. The molecule has 0 spiro atoms. The number of amides is 2. The summed E-state index contributed by atoms with van der Waals surface area (Å²) in [4.78, 5) is 22.5. The molecule has 0 heterocycles. The number of carbonyl (C=O) groups excluding carboxylic acids is 2. The molecule has 0 saturated heterocycles. The smallest absolute Gasteiger partial charge is 0.366 e. The van der Waals surface area contributed by atoms with Crippen molar-refractivity contribution >= 4 is 17.5 Å². The summed E-state index contributed by atoms with van der Waals surface area (Å²) in [6.45, 7) is 0. The van der Waals surface area contributed by atoms with Gasteiger partial charge in [-0.05, 0) is 12.1 Å². The van der Waals surface area contributed by atoms with Gasteiger partial charge in [0.15, 0.2) is 0 Å². The molecule has 16 heteroatoms. The molecule has 0 bridgehead atoms. The summed E-state index contributed by atoms with van der Waals surface area (Å²) in [5.41, 5.74) is 2.95. The number of hydrogen-bond donors (Lipinski definition) is 2. The van der Waals surface area contributed by atoms with E-state index in [0.717, 1.165) is 23.5 Å². The van der Waals surface area contributed by atoms with Gasteiger partial charge >= 0.3 is 35.8 Å². The van der Waals surface area contributed by atoms with Crippen LogP contribution in [0, 0.1) is 0 Å². The highest BCUT2D eigenvalue weighted by molar-refractivity contribution is 6.05. The van der Waals surface area contributed by atoms with Crippen LogP contribution in [0.4, 0.5) is 58.4 Å². The molecular weight excluding hydrogens is 456 g/mol. The van der Waals surface area contributed by atoms with Crippen molar-refractivity contribution in [3.05, 3.63) is 29.8 Å². The quantitative estimate of drug-likeness (QED) is 0.595. The van der Waals surface area contributed by atoms with E-state index < -0.39 is 59.1 Å². The number of anilines is 1. The Morgan fingerprint density at radius 2 is 1.30 bits per heavy atom. The van der Waals surface area contributed by atoms with Crippen molar-refractivity contribution < 1.29 is 62.3 Å². The SMILES string of the molecule is NC(=O)c1ccccc1NC(=O)C(F)(F)C(F)(F)C(F)(F)C(F)(F)C(F)C(F)(F)F. The van der Waals surface area contributed by atoms with Crippen LogP contribution in [-0.4, -0.2) is 47.9 Å². The molecule has 0 aliphatic heterocycles. The Hall–Kier alpha value is -2.68. The minimum Gasteiger partial charge on any atom is -0.366 e. The van der Waals surface area contributed by atoms with Gasteiger partial charge in [0.1, 0.15) is 0 Å². The number of nitrogens with two attached hydrogens (primary N) is 1. The highest BCUT2D eigenvalue weighted by atomic mass is 19.4. The molecule has 30 heavy (non-hydrogen) atoms. The van der Waals surface area contributed by atoms with Gasteiger partial charge in [0.25, 0.3) is 12.1 Å². The van der Waals surface area contributed by atoms with Gasteiger partial charge in [-0.15, -0.1) is 0 Å². The molecule has 0 radical (unpaired) electrons. The summed E-state index contributed by atoms with van der Waals surface area (Å²) in [5, 5.41) is 0.857. The molecule has 1 atom stereocenters. The van der Waals surface area contributed by atoms with Gasteiger partial charge < -0.3 is 11.1 Å². The van der Waals surface area contributed by atoms with E-state index in [-0.39, 0.29) is 0 Å². The highest BCUT2D eigenvalue weighted by Crippen LogP contribution is 2.56. The van der Waals surface area contributed by atoms with Crippen LogP contribution in [0.1, 0.15) is 10.4 Å². The second kappa shape index (κ2) is 7.54. The van der Waals surface area contributed by atoms with Gasteiger partial charge in [-0.2, -0.15) is 48.3 Å². The third kappa shape index (κ3) is 3.98. The van der Waals surface area contributed by atoms with Crippen LogP contribution in [0.5, 0.6) is 0 Å². The Morgan fingerprint density at radius 1 is 0.833 bits per heavy atom. The number of primary amides is 1. The number of carbonyl (C=O) groups is 2. The van der Waals surface area contributed by atoms with Gasteiger partial charge in [-0.1, -0.05) is 12.1 Å². The Kier molecular flexibility index (Phi) is 6.37. The first-order chi connectivity index (χ1) is 13.2. The standard InChI is InChI=1S/C14H8F12N2O2/c15-8(12(20,21)22)10(16,17)13(23,24)14(25,26)11(18,19)9(30)28-6-4-2-1-3-5(6)7(27)29/h1-4,8H,(H2,27,29)(H,28,30). The molecule has 170 valence electrons. The fourth-order valence-corrected chi connectivity index (χ4v) is 1.92. The normalized spacial score (nSPS) is 14.9. The van der Waals surface area contributed by atoms with Crippen molar-refractivity contribution in [2.75, 3.05) is 5.32 Å². The Bertz CT molecular complexity index is 821. The molecule has 0 aliphatic rings. The minimum atomic E-state index is -7.70. The third-order valence-electron chi connectivity index (χ3n) is 3.54. The van der Waals surface area contributed by atoms with Crippen LogP contribution in [-0.2, 0) is 4.79 Å². The number of rotatable bonds is 7. The third-order valence-corrected chi connectivity index (χ3v) is 3.54. The maximum absolute atomic E-state index is 13.7. The second-order valence-electron chi connectivity index (χ2n) is 5.61. The monoisotopic (exact) mass is 464 g/mol. The summed E-state index contributed by atoms with van der Waals surface area (Å²) < 4.78 is 156. The molecule has 0 saturated carbocycles. The van der Waals surface area contributed by atoms with Crippen LogP contribution in [0.25, 0.3) is 0 Å². The molecule has 1 aromatic rings. The summed E-state index contributed by atoms with van der Waals surface area (Å²) in [7, 11) is 0. The molecule has 0 aromatic heterocycles. The Labute approximate surface area is 158 Å². The highest BCUT2D eigenvalue weighted by Gasteiger charge is 2.86. The van der Waals surface area contributed by atoms with Gasteiger partial charge in [-0.3, -0.25) is 9.59 Å². The van der Waals surface area contributed by atoms with E-state index in [9.17, 15) is 62.3 Å². The van der Waals surface area contributed by atoms with E-state index in [0.29, 0.717) is 6.07 Å². The van der Waals surface area contributed by atoms with Crippen molar-refractivity contribution in [3.8, 4) is 0 Å².